The van der Waals surface area contributed by atoms with E-state index in [1.165, 1.54) is 6.07 Å². The Hall–Kier alpha value is -4.71. The van der Waals surface area contributed by atoms with Crippen LogP contribution >= 0.6 is 0 Å². The smallest absolute Gasteiger partial charge is 0.181 e. The van der Waals surface area contributed by atoms with Gasteiger partial charge in [-0.3, -0.25) is 5.10 Å². The molecule has 0 spiro atoms. The van der Waals surface area contributed by atoms with Crippen molar-refractivity contribution in [3.63, 3.8) is 0 Å². The van der Waals surface area contributed by atoms with Gasteiger partial charge in [-0.2, -0.15) is 5.10 Å². The summed E-state index contributed by atoms with van der Waals surface area (Å²) in [6.45, 7) is 16.7. The SMILES string of the molecule is C=C/C(=C\C(=C/C)c1cnc2n[nH]c(-c3cc4c(-c5cccc(F)c5)cccc4[nH]3)c2c1)NC(=C)CC(C)(C)C. The number of rotatable bonds is 8. The number of hydrogen-bond acceptors (Lipinski definition) is 3. The summed E-state index contributed by atoms with van der Waals surface area (Å²) >= 11 is 0. The molecule has 0 saturated carbocycles. The summed E-state index contributed by atoms with van der Waals surface area (Å²) in [5, 5.41) is 12.9. The molecule has 0 radical (unpaired) electrons. The minimum atomic E-state index is -0.259. The molecule has 202 valence electrons. The molecule has 0 fully saturated rings. The summed E-state index contributed by atoms with van der Waals surface area (Å²) in [6, 6.07) is 16.8. The molecule has 0 amide bonds. The van der Waals surface area contributed by atoms with Gasteiger partial charge in [-0.05, 0) is 77.9 Å². The average molecular weight is 532 g/mol. The predicted octanol–water partition coefficient (Wildman–Crippen LogP) is 8.92. The zero-order valence-corrected chi connectivity index (χ0v) is 23.4. The average Bonchev–Trinajstić information content (AvgIpc) is 3.53. The first-order valence-electron chi connectivity index (χ1n) is 13.3. The Balaban J connectivity index is 1.52. The van der Waals surface area contributed by atoms with Gasteiger partial charge in [-0.25, -0.2) is 9.37 Å². The van der Waals surface area contributed by atoms with Gasteiger partial charge in [0, 0.05) is 39.4 Å². The zero-order valence-electron chi connectivity index (χ0n) is 23.4. The van der Waals surface area contributed by atoms with E-state index >= 15 is 0 Å². The van der Waals surface area contributed by atoms with Crippen LogP contribution in [-0.2, 0) is 0 Å². The highest BCUT2D eigenvalue weighted by atomic mass is 19.1. The fraction of sp³-hybridized carbons (Fsp3) is 0.176. The third kappa shape index (κ3) is 5.66. The molecule has 0 saturated heterocycles. The molecule has 40 heavy (non-hydrogen) atoms. The van der Waals surface area contributed by atoms with Gasteiger partial charge < -0.3 is 10.3 Å². The fourth-order valence-corrected chi connectivity index (χ4v) is 5.00. The quantitative estimate of drug-likeness (QED) is 0.175. The number of pyridine rings is 1. The molecule has 3 N–H and O–H groups in total. The van der Waals surface area contributed by atoms with Gasteiger partial charge in [0.05, 0.1) is 11.4 Å². The largest absolute Gasteiger partial charge is 0.359 e. The highest BCUT2D eigenvalue weighted by Crippen LogP contribution is 2.34. The standard InChI is InChI=1S/C34H34FN5/c1-7-22(16-26(8-2)37-21(3)19-34(4,5)6)24-17-29-32(39-40-33(29)36-20-24)31-18-28-27(13-10-14-30(28)38-31)23-11-9-12-25(35)15-23/h7-18,20,37-38H,2-3,19H2,1,4-6H3,(H,36,39,40)/b22-7+,26-16+. The van der Waals surface area contributed by atoms with Crippen LogP contribution in [0.3, 0.4) is 0 Å². The maximum atomic E-state index is 14.0. The van der Waals surface area contributed by atoms with Crippen molar-refractivity contribution in [2.24, 2.45) is 5.41 Å². The Morgan fingerprint density at radius 2 is 1.88 bits per heavy atom. The highest BCUT2D eigenvalue weighted by Gasteiger charge is 2.16. The molecule has 5 nitrogen and oxygen atoms in total. The number of benzene rings is 2. The number of fused-ring (bicyclic) bond motifs is 2. The molecule has 0 aliphatic carbocycles. The van der Waals surface area contributed by atoms with E-state index in [0.29, 0.717) is 5.65 Å². The van der Waals surface area contributed by atoms with Crippen LogP contribution in [0.15, 0.2) is 104 Å². The summed E-state index contributed by atoms with van der Waals surface area (Å²) in [4.78, 5) is 8.14. The van der Waals surface area contributed by atoms with E-state index in [1.807, 2.05) is 37.4 Å². The van der Waals surface area contributed by atoms with Crippen molar-refractivity contribution >= 4 is 27.5 Å². The number of allylic oxidation sites excluding steroid dienone is 5. The number of nitrogens with zero attached hydrogens (tertiary/aromatic N) is 2. The Labute approximate surface area is 234 Å². The second-order valence-corrected chi connectivity index (χ2v) is 11.2. The first-order valence-corrected chi connectivity index (χ1v) is 13.3. The second kappa shape index (κ2) is 10.8. The fourth-order valence-electron chi connectivity index (χ4n) is 5.00. The Kier molecular flexibility index (Phi) is 7.26. The van der Waals surface area contributed by atoms with E-state index in [1.54, 1.807) is 18.2 Å². The summed E-state index contributed by atoms with van der Waals surface area (Å²) in [7, 11) is 0. The van der Waals surface area contributed by atoms with E-state index in [9.17, 15) is 4.39 Å². The summed E-state index contributed by atoms with van der Waals surface area (Å²) in [6.07, 6.45) is 8.58. The molecule has 5 aromatic rings. The van der Waals surface area contributed by atoms with Crippen molar-refractivity contribution in [1.82, 2.24) is 25.5 Å². The zero-order chi connectivity index (χ0) is 28.4. The predicted molar refractivity (Wildman–Crippen MR) is 165 cm³/mol. The molecule has 0 aliphatic rings. The van der Waals surface area contributed by atoms with Crippen LogP contribution in [-0.4, -0.2) is 20.2 Å². The summed E-state index contributed by atoms with van der Waals surface area (Å²) < 4.78 is 14.0. The number of nitrogens with one attached hydrogen (secondary N) is 3. The second-order valence-electron chi connectivity index (χ2n) is 11.2. The molecule has 0 unspecified atom stereocenters. The Morgan fingerprint density at radius 1 is 1.07 bits per heavy atom. The van der Waals surface area contributed by atoms with E-state index in [4.69, 9.17) is 0 Å². The lowest BCUT2D eigenvalue weighted by Crippen LogP contribution is -2.16. The first kappa shape index (κ1) is 26.9. The molecular formula is C34H34FN5. The number of aromatic nitrogens is 4. The lowest BCUT2D eigenvalue weighted by molar-refractivity contribution is 0.403. The number of aromatic amines is 2. The van der Waals surface area contributed by atoms with Gasteiger partial charge in [0.2, 0.25) is 0 Å². The van der Waals surface area contributed by atoms with E-state index in [-0.39, 0.29) is 11.2 Å². The number of hydrogen-bond donors (Lipinski definition) is 3. The van der Waals surface area contributed by atoms with Crippen LogP contribution in [0.2, 0.25) is 0 Å². The topological polar surface area (TPSA) is 69.4 Å². The molecule has 6 heteroatoms. The first-order chi connectivity index (χ1) is 19.1. The van der Waals surface area contributed by atoms with Crippen molar-refractivity contribution in [2.45, 2.75) is 34.1 Å². The third-order valence-corrected chi connectivity index (χ3v) is 6.72. The summed E-state index contributed by atoms with van der Waals surface area (Å²) in [5.41, 5.74) is 8.99. The van der Waals surface area contributed by atoms with Gasteiger partial charge in [0.25, 0.3) is 0 Å². The molecule has 3 aromatic heterocycles. The normalized spacial score (nSPS) is 12.7. The van der Waals surface area contributed by atoms with Crippen molar-refractivity contribution in [3.8, 4) is 22.5 Å². The van der Waals surface area contributed by atoms with Gasteiger partial charge in [-0.15, -0.1) is 0 Å². The Bertz CT molecular complexity index is 1790. The van der Waals surface area contributed by atoms with Crippen molar-refractivity contribution in [2.75, 3.05) is 0 Å². The van der Waals surface area contributed by atoms with Gasteiger partial charge in [-0.1, -0.05) is 64.3 Å². The molecule has 0 aliphatic heterocycles. The monoisotopic (exact) mass is 531 g/mol. The molecule has 2 aromatic carbocycles. The third-order valence-electron chi connectivity index (χ3n) is 6.72. The lowest BCUT2D eigenvalue weighted by Gasteiger charge is -2.21. The van der Waals surface area contributed by atoms with Gasteiger partial charge >= 0.3 is 0 Å². The number of halogens is 1. The molecule has 5 rings (SSSR count). The molecule has 0 bridgehead atoms. The molecular weight excluding hydrogens is 497 g/mol. The summed E-state index contributed by atoms with van der Waals surface area (Å²) in [5.74, 6) is -0.259. The van der Waals surface area contributed by atoms with Crippen molar-refractivity contribution in [3.05, 3.63) is 115 Å². The maximum absolute atomic E-state index is 14.0. The minimum absolute atomic E-state index is 0.132. The van der Waals surface area contributed by atoms with Crippen LogP contribution in [0.1, 0.15) is 39.7 Å². The van der Waals surface area contributed by atoms with Crippen LogP contribution in [0, 0.1) is 11.2 Å². The van der Waals surface area contributed by atoms with Crippen LogP contribution in [0.4, 0.5) is 4.39 Å². The maximum Gasteiger partial charge on any atom is 0.181 e. The molecule has 3 heterocycles. The van der Waals surface area contributed by atoms with E-state index in [0.717, 1.165) is 67.8 Å². The van der Waals surface area contributed by atoms with Crippen LogP contribution in [0.25, 0.3) is 50.0 Å². The molecule has 0 atom stereocenters. The van der Waals surface area contributed by atoms with E-state index in [2.05, 4.69) is 83.7 Å². The van der Waals surface area contributed by atoms with Crippen molar-refractivity contribution < 1.29 is 4.39 Å². The van der Waals surface area contributed by atoms with Gasteiger partial charge in [0.1, 0.15) is 5.82 Å². The number of H-pyrrole nitrogens is 2. The van der Waals surface area contributed by atoms with E-state index < -0.39 is 0 Å². The minimum Gasteiger partial charge on any atom is -0.359 e. The van der Waals surface area contributed by atoms with Crippen LogP contribution < -0.4 is 5.32 Å². The highest BCUT2D eigenvalue weighted by molar-refractivity contribution is 6.01. The van der Waals surface area contributed by atoms with Crippen molar-refractivity contribution in [1.29, 1.82) is 0 Å². The Morgan fingerprint density at radius 3 is 2.60 bits per heavy atom. The lowest BCUT2D eigenvalue weighted by atomic mass is 9.91. The van der Waals surface area contributed by atoms with Gasteiger partial charge in [0.15, 0.2) is 5.65 Å². The van der Waals surface area contributed by atoms with Crippen LogP contribution in [0.5, 0.6) is 0 Å².